The molecular formula is C18H23N3O2S2. The Morgan fingerprint density at radius 1 is 1.44 bits per heavy atom. The van der Waals surface area contributed by atoms with Crippen LogP contribution >= 0.6 is 23.1 Å². The number of aromatic nitrogens is 2. The second-order valence-corrected chi connectivity index (χ2v) is 8.17. The van der Waals surface area contributed by atoms with E-state index in [2.05, 4.69) is 16.9 Å². The van der Waals surface area contributed by atoms with Crippen LogP contribution in [0.2, 0.25) is 0 Å². The highest BCUT2D eigenvalue weighted by atomic mass is 32.2. The summed E-state index contributed by atoms with van der Waals surface area (Å²) in [5.41, 5.74) is -0.0729. The SMILES string of the molecule is C=CCn1c(SCC(=O)NCC2CCCCC2)nc2sccc2c1=O. The molecule has 134 valence electrons. The van der Waals surface area contributed by atoms with Crippen molar-refractivity contribution in [2.45, 2.75) is 43.8 Å². The summed E-state index contributed by atoms with van der Waals surface area (Å²) in [6.45, 7) is 4.86. The molecule has 2 aromatic rings. The van der Waals surface area contributed by atoms with E-state index in [0.717, 1.165) is 11.4 Å². The lowest BCUT2D eigenvalue weighted by atomic mass is 9.89. The number of hydrogen-bond acceptors (Lipinski definition) is 5. The molecule has 0 bridgehead atoms. The minimum atomic E-state index is -0.0729. The Hall–Kier alpha value is -1.60. The first-order chi connectivity index (χ1) is 12.2. The molecule has 0 aliphatic heterocycles. The minimum Gasteiger partial charge on any atom is -0.355 e. The summed E-state index contributed by atoms with van der Waals surface area (Å²) in [4.78, 5) is 30.0. The molecule has 0 spiro atoms. The number of carbonyl (C=O) groups is 1. The molecule has 1 aliphatic rings. The van der Waals surface area contributed by atoms with Crippen LogP contribution in [0.3, 0.4) is 0 Å². The Bertz CT molecular complexity index is 806. The van der Waals surface area contributed by atoms with E-state index in [-0.39, 0.29) is 17.2 Å². The monoisotopic (exact) mass is 377 g/mol. The second kappa shape index (κ2) is 8.67. The third-order valence-corrected chi connectivity index (χ3v) is 6.29. The third kappa shape index (κ3) is 4.52. The van der Waals surface area contributed by atoms with Crippen LogP contribution in [0.4, 0.5) is 0 Å². The van der Waals surface area contributed by atoms with E-state index < -0.39 is 0 Å². The van der Waals surface area contributed by atoms with E-state index >= 15 is 0 Å². The summed E-state index contributed by atoms with van der Waals surface area (Å²) in [5.74, 6) is 0.885. The van der Waals surface area contributed by atoms with Crippen LogP contribution < -0.4 is 10.9 Å². The molecule has 2 aromatic heterocycles. The van der Waals surface area contributed by atoms with Crippen molar-refractivity contribution in [1.29, 1.82) is 0 Å². The molecule has 7 heteroatoms. The molecule has 1 fully saturated rings. The lowest BCUT2D eigenvalue weighted by Gasteiger charge is -2.21. The van der Waals surface area contributed by atoms with Crippen LogP contribution in [0.1, 0.15) is 32.1 Å². The largest absolute Gasteiger partial charge is 0.355 e. The summed E-state index contributed by atoms with van der Waals surface area (Å²) in [6.07, 6.45) is 7.96. The number of hydrogen-bond donors (Lipinski definition) is 1. The smallest absolute Gasteiger partial charge is 0.263 e. The van der Waals surface area contributed by atoms with Gasteiger partial charge in [0.05, 0.1) is 11.1 Å². The highest BCUT2D eigenvalue weighted by Gasteiger charge is 2.16. The van der Waals surface area contributed by atoms with E-state index in [1.165, 1.54) is 55.2 Å². The van der Waals surface area contributed by atoms with Gasteiger partial charge in [-0.25, -0.2) is 4.98 Å². The molecular weight excluding hydrogens is 354 g/mol. The second-order valence-electron chi connectivity index (χ2n) is 6.34. The van der Waals surface area contributed by atoms with E-state index in [0.29, 0.717) is 23.0 Å². The molecule has 25 heavy (non-hydrogen) atoms. The number of nitrogens with one attached hydrogen (secondary N) is 1. The van der Waals surface area contributed by atoms with E-state index in [1.807, 2.05) is 5.38 Å². The van der Waals surface area contributed by atoms with Crippen molar-refractivity contribution in [2.24, 2.45) is 5.92 Å². The van der Waals surface area contributed by atoms with Crippen molar-refractivity contribution in [3.8, 4) is 0 Å². The first-order valence-corrected chi connectivity index (χ1v) is 10.5. The number of nitrogens with zero attached hydrogens (tertiary/aromatic N) is 2. The Balaban J connectivity index is 1.63. The van der Waals surface area contributed by atoms with Crippen molar-refractivity contribution < 1.29 is 4.79 Å². The maximum Gasteiger partial charge on any atom is 0.263 e. The average Bonchev–Trinajstić information content (AvgIpc) is 3.10. The van der Waals surface area contributed by atoms with Gasteiger partial charge in [0.2, 0.25) is 5.91 Å². The summed E-state index contributed by atoms with van der Waals surface area (Å²) < 4.78 is 1.58. The molecule has 5 nitrogen and oxygen atoms in total. The molecule has 1 aliphatic carbocycles. The first kappa shape index (κ1) is 18.2. The standard InChI is InChI=1S/C18H23N3O2S2/c1-2-9-21-17(23)14-8-10-24-16(14)20-18(21)25-12-15(22)19-11-13-6-4-3-5-7-13/h2,8,10,13H,1,3-7,9,11-12H2,(H,19,22). The molecule has 1 saturated carbocycles. The van der Waals surface area contributed by atoms with Crippen molar-refractivity contribution in [2.75, 3.05) is 12.3 Å². The van der Waals surface area contributed by atoms with Gasteiger partial charge in [0.1, 0.15) is 4.83 Å². The Kier molecular flexibility index (Phi) is 6.31. The maximum atomic E-state index is 12.5. The van der Waals surface area contributed by atoms with Gasteiger partial charge in [0.25, 0.3) is 5.56 Å². The number of thiophene rings is 1. The maximum absolute atomic E-state index is 12.5. The average molecular weight is 378 g/mol. The predicted octanol–water partition coefficient (Wildman–Crippen LogP) is 3.43. The summed E-state index contributed by atoms with van der Waals surface area (Å²) in [6, 6.07) is 1.79. The van der Waals surface area contributed by atoms with E-state index in [1.54, 1.807) is 16.7 Å². The lowest BCUT2D eigenvalue weighted by molar-refractivity contribution is -0.118. The highest BCUT2D eigenvalue weighted by molar-refractivity contribution is 7.99. The van der Waals surface area contributed by atoms with E-state index in [9.17, 15) is 9.59 Å². The third-order valence-electron chi connectivity index (χ3n) is 4.51. The van der Waals surface area contributed by atoms with Gasteiger partial charge in [-0.2, -0.15) is 0 Å². The zero-order valence-corrected chi connectivity index (χ0v) is 15.8. The lowest BCUT2D eigenvalue weighted by Crippen LogP contribution is -2.31. The molecule has 1 amide bonds. The number of thioether (sulfide) groups is 1. The van der Waals surface area contributed by atoms with Gasteiger partial charge >= 0.3 is 0 Å². The van der Waals surface area contributed by atoms with Crippen molar-refractivity contribution in [3.63, 3.8) is 0 Å². The first-order valence-electron chi connectivity index (χ1n) is 8.67. The molecule has 0 aromatic carbocycles. The fraction of sp³-hybridized carbons (Fsp3) is 0.500. The fourth-order valence-electron chi connectivity index (χ4n) is 3.16. The fourth-order valence-corrected chi connectivity index (χ4v) is 4.80. The van der Waals surface area contributed by atoms with Crippen LogP contribution in [-0.2, 0) is 11.3 Å². The minimum absolute atomic E-state index is 0.00116. The van der Waals surface area contributed by atoms with E-state index in [4.69, 9.17) is 0 Å². The molecule has 0 saturated heterocycles. The summed E-state index contributed by atoms with van der Waals surface area (Å²) >= 11 is 2.75. The van der Waals surface area contributed by atoms with Crippen LogP contribution in [0.25, 0.3) is 10.2 Å². The topological polar surface area (TPSA) is 64.0 Å². The van der Waals surface area contributed by atoms with Gasteiger partial charge in [-0.05, 0) is 30.2 Å². The highest BCUT2D eigenvalue weighted by Crippen LogP contribution is 2.23. The number of allylic oxidation sites excluding steroid dienone is 1. The van der Waals surface area contributed by atoms with Gasteiger partial charge in [-0.1, -0.05) is 37.1 Å². The summed E-state index contributed by atoms with van der Waals surface area (Å²) in [5, 5.41) is 6.09. The molecule has 0 atom stereocenters. The van der Waals surface area contributed by atoms with Gasteiger partial charge in [-0.15, -0.1) is 17.9 Å². The van der Waals surface area contributed by atoms with Gasteiger partial charge < -0.3 is 5.32 Å². The van der Waals surface area contributed by atoms with Crippen LogP contribution in [0, 0.1) is 5.92 Å². The zero-order valence-electron chi connectivity index (χ0n) is 14.2. The number of rotatable bonds is 7. The Labute approximate surface area is 155 Å². The van der Waals surface area contributed by atoms with Gasteiger partial charge in [0, 0.05) is 13.1 Å². The summed E-state index contributed by atoms with van der Waals surface area (Å²) in [7, 11) is 0. The normalized spacial score (nSPS) is 15.4. The number of fused-ring (bicyclic) bond motifs is 1. The van der Waals surface area contributed by atoms with Crippen LogP contribution in [0.15, 0.2) is 34.1 Å². The number of amides is 1. The van der Waals surface area contributed by atoms with Crippen molar-refractivity contribution >= 4 is 39.2 Å². The Morgan fingerprint density at radius 2 is 2.24 bits per heavy atom. The Morgan fingerprint density at radius 3 is 3.00 bits per heavy atom. The quantitative estimate of drug-likeness (QED) is 0.456. The number of carbonyl (C=O) groups excluding carboxylic acids is 1. The van der Waals surface area contributed by atoms with Crippen molar-refractivity contribution in [1.82, 2.24) is 14.9 Å². The predicted molar refractivity (Wildman–Crippen MR) is 104 cm³/mol. The van der Waals surface area contributed by atoms with Gasteiger partial charge in [0.15, 0.2) is 5.16 Å². The molecule has 3 rings (SSSR count). The molecule has 1 N–H and O–H groups in total. The molecule has 2 heterocycles. The van der Waals surface area contributed by atoms with Crippen LogP contribution in [-0.4, -0.2) is 27.8 Å². The zero-order chi connectivity index (χ0) is 17.6. The molecule has 0 unspecified atom stereocenters. The van der Waals surface area contributed by atoms with Crippen LogP contribution in [0.5, 0.6) is 0 Å². The van der Waals surface area contributed by atoms with Gasteiger partial charge in [-0.3, -0.25) is 14.2 Å². The van der Waals surface area contributed by atoms with Crippen molar-refractivity contribution in [3.05, 3.63) is 34.5 Å². The molecule has 0 radical (unpaired) electrons.